The molecular formula is C26H38ClN3O5S. The molecule has 2 aliphatic rings. The van der Waals surface area contributed by atoms with Crippen LogP contribution in [0.1, 0.15) is 59.1 Å². The van der Waals surface area contributed by atoms with E-state index in [0.29, 0.717) is 5.02 Å². The number of rotatable bonds is 7. The highest BCUT2D eigenvalue weighted by Gasteiger charge is 2.49. The molecule has 2 aliphatic heterocycles. The number of hydrogen-bond acceptors (Lipinski definition) is 4. The Kier molecular flexibility index (Phi) is 7.90. The fourth-order valence-corrected chi connectivity index (χ4v) is 6.15. The summed E-state index contributed by atoms with van der Waals surface area (Å²) >= 11 is 6.68. The van der Waals surface area contributed by atoms with Crippen LogP contribution in [0.3, 0.4) is 0 Å². The zero-order chi connectivity index (χ0) is 27.2. The van der Waals surface area contributed by atoms with Gasteiger partial charge in [-0.25, -0.2) is 13.2 Å². The topological polar surface area (TPSA) is 107 Å². The minimum atomic E-state index is -3.60. The lowest BCUT2D eigenvalue weighted by Gasteiger charge is -2.44. The van der Waals surface area contributed by atoms with Gasteiger partial charge in [-0.2, -0.15) is 4.31 Å². The van der Waals surface area contributed by atoms with E-state index in [2.05, 4.69) is 26.1 Å². The molecule has 2 unspecified atom stereocenters. The third-order valence-corrected chi connectivity index (χ3v) is 8.83. The molecule has 0 radical (unpaired) electrons. The Morgan fingerprint density at radius 1 is 1.28 bits per heavy atom. The van der Waals surface area contributed by atoms with E-state index >= 15 is 0 Å². The van der Waals surface area contributed by atoms with Gasteiger partial charge in [-0.3, -0.25) is 9.69 Å². The Balaban J connectivity index is 1.99. The average Bonchev–Trinajstić information content (AvgIpc) is 3.18. The number of halogens is 1. The summed E-state index contributed by atoms with van der Waals surface area (Å²) in [6.07, 6.45) is 4.59. The number of benzene rings is 1. The van der Waals surface area contributed by atoms with E-state index < -0.39 is 39.5 Å². The monoisotopic (exact) mass is 539 g/mol. The number of aryl methyl sites for hydroxylation is 1. The second kappa shape index (κ2) is 9.99. The van der Waals surface area contributed by atoms with Crippen LogP contribution in [0.4, 0.5) is 4.79 Å². The Labute approximate surface area is 219 Å². The number of nitrogens with one attached hydrogen (secondary N) is 1. The lowest BCUT2D eigenvalue weighted by molar-refractivity contribution is -0.142. The van der Waals surface area contributed by atoms with Crippen molar-refractivity contribution in [2.75, 3.05) is 19.3 Å². The number of hydrogen-bond donors (Lipinski definition) is 2. The zero-order valence-corrected chi connectivity index (χ0v) is 23.7. The van der Waals surface area contributed by atoms with Crippen molar-refractivity contribution in [2.45, 2.75) is 66.0 Å². The molecule has 0 bridgehead atoms. The predicted molar refractivity (Wildman–Crippen MR) is 141 cm³/mol. The van der Waals surface area contributed by atoms with Gasteiger partial charge >= 0.3 is 12.0 Å². The van der Waals surface area contributed by atoms with Gasteiger partial charge in [0.05, 0.1) is 23.8 Å². The fraction of sp³-hybridized carbons (Fsp3) is 0.615. The van der Waals surface area contributed by atoms with Crippen molar-refractivity contribution in [1.29, 1.82) is 0 Å². The molecule has 3 rings (SSSR count). The van der Waals surface area contributed by atoms with E-state index in [1.165, 1.54) is 4.90 Å². The number of nitrogens with zero attached hydrogens (tertiary/aromatic N) is 2. The first-order valence-electron chi connectivity index (χ1n) is 12.2. The quantitative estimate of drug-likeness (QED) is 0.532. The molecule has 0 saturated carbocycles. The van der Waals surface area contributed by atoms with E-state index in [-0.39, 0.29) is 24.4 Å². The molecule has 36 heavy (non-hydrogen) atoms. The molecule has 2 amide bonds. The number of amides is 2. The summed E-state index contributed by atoms with van der Waals surface area (Å²) in [5, 5.41) is 13.5. The maximum Gasteiger partial charge on any atom is 0.322 e. The molecule has 200 valence electrons. The molecule has 1 saturated heterocycles. The van der Waals surface area contributed by atoms with Crippen molar-refractivity contribution in [3.8, 4) is 0 Å². The van der Waals surface area contributed by atoms with E-state index in [1.54, 1.807) is 6.20 Å². The maximum atomic E-state index is 13.4. The second-order valence-corrected chi connectivity index (χ2v) is 14.1. The standard InChI is InChI=1S/C26H38ClN3O5S/c1-16(2)20-14-30(22-15-29(36(7,34)35)13-19(22)23(31)32)24(33)28-26(20,6)18-9-8-17(21(27)12-18)10-11-25(3,4)5/h8-9,12,14,16,19,22H,10-11,13,15H2,1-7H3,(H,28,33)(H,31,32)/t19?,22?,26-/m0/s1. The third kappa shape index (κ3) is 5.89. The molecule has 0 aliphatic carbocycles. The SMILES string of the molecule is CC(C)C1=CN(C2CN(S(C)(=O)=O)CC2C(=O)O)C(=O)N[C@@]1(C)c1ccc(CCC(C)(C)C)c(Cl)c1. The van der Waals surface area contributed by atoms with Gasteiger partial charge in [0.2, 0.25) is 10.0 Å². The van der Waals surface area contributed by atoms with Crippen LogP contribution in [-0.4, -0.2) is 60.1 Å². The summed E-state index contributed by atoms with van der Waals surface area (Å²) in [6.45, 7) is 12.2. The number of carbonyl (C=O) groups is 2. The van der Waals surface area contributed by atoms with Gasteiger partial charge in [-0.05, 0) is 53.9 Å². The molecule has 1 aromatic rings. The van der Waals surface area contributed by atoms with Crippen molar-refractivity contribution in [3.05, 3.63) is 46.1 Å². The molecule has 1 aromatic carbocycles. The largest absolute Gasteiger partial charge is 0.481 e. The Morgan fingerprint density at radius 3 is 2.42 bits per heavy atom. The number of sulfonamides is 1. The van der Waals surface area contributed by atoms with Crippen molar-refractivity contribution in [1.82, 2.24) is 14.5 Å². The number of aliphatic carboxylic acids is 1. The smallest absolute Gasteiger partial charge is 0.322 e. The summed E-state index contributed by atoms with van der Waals surface area (Å²) < 4.78 is 25.4. The van der Waals surface area contributed by atoms with Crippen LogP contribution in [0.5, 0.6) is 0 Å². The highest BCUT2D eigenvalue weighted by molar-refractivity contribution is 7.88. The second-order valence-electron chi connectivity index (χ2n) is 11.7. The van der Waals surface area contributed by atoms with E-state index in [0.717, 1.165) is 40.1 Å². The first kappa shape index (κ1) is 28.5. The molecular weight excluding hydrogens is 502 g/mol. The van der Waals surface area contributed by atoms with Gasteiger partial charge in [-0.1, -0.05) is 58.4 Å². The Hall–Kier alpha value is -2.10. The van der Waals surface area contributed by atoms with Crippen LogP contribution < -0.4 is 5.32 Å². The van der Waals surface area contributed by atoms with Crippen LogP contribution in [0.25, 0.3) is 0 Å². The van der Waals surface area contributed by atoms with Crippen LogP contribution in [0, 0.1) is 17.3 Å². The number of urea groups is 1. The van der Waals surface area contributed by atoms with Crippen molar-refractivity contribution < 1.29 is 23.1 Å². The molecule has 2 heterocycles. The number of carboxylic acids is 1. The van der Waals surface area contributed by atoms with E-state index in [1.807, 2.05) is 39.0 Å². The van der Waals surface area contributed by atoms with Crippen LogP contribution in [-0.2, 0) is 26.8 Å². The summed E-state index contributed by atoms with van der Waals surface area (Å²) in [6, 6.07) is 4.59. The van der Waals surface area contributed by atoms with Crippen molar-refractivity contribution >= 4 is 33.6 Å². The first-order chi connectivity index (χ1) is 16.4. The maximum absolute atomic E-state index is 13.4. The van der Waals surface area contributed by atoms with Crippen molar-refractivity contribution in [3.63, 3.8) is 0 Å². The minimum absolute atomic E-state index is 0.00753. The fourth-order valence-electron chi connectivity index (χ4n) is 5.02. The molecule has 0 spiro atoms. The third-order valence-electron chi connectivity index (χ3n) is 7.24. The number of carbonyl (C=O) groups excluding carboxylic acids is 1. The van der Waals surface area contributed by atoms with Crippen LogP contribution in [0.15, 0.2) is 30.0 Å². The molecule has 8 nitrogen and oxygen atoms in total. The average molecular weight is 540 g/mol. The van der Waals surface area contributed by atoms with Gasteiger partial charge in [-0.15, -0.1) is 0 Å². The highest BCUT2D eigenvalue weighted by atomic mass is 35.5. The summed E-state index contributed by atoms with van der Waals surface area (Å²) in [5.41, 5.74) is 2.08. The van der Waals surface area contributed by atoms with Gasteiger partial charge in [0.25, 0.3) is 0 Å². The molecule has 1 fully saturated rings. The van der Waals surface area contributed by atoms with Gasteiger partial charge in [0, 0.05) is 24.3 Å². The number of carboxylic acid groups (broad SMARTS) is 1. The molecule has 10 heteroatoms. The molecule has 2 N–H and O–H groups in total. The normalized spacial score (nSPS) is 25.8. The summed E-state index contributed by atoms with van der Waals surface area (Å²) in [7, 11) is -3.60. The van der Waals surface area contributed by atoms with E-state index in [4.69, 9.17) is 11.6 Å². The van der Waals surface area contributed by atoms with E-state index in [9.17, 15) is 23.1 Å². The highest BCUT2D eigenvalue weighted by Crippen LogP contribution is 2.40. The van der Waals surface area contributed by atoms with Gasteiger partial charge in [0.15, 0.2) is 0 Å². The lowest BCUT2D eigenvalue weighted by atomic mass is 9.77. The molecule has 0 aromatic heterocycles. The summed E-state index contributed by atoms with van der Waals surface area (Å²) in [4.78, 5) is 26.7. The lowest BCUT2D eigenvalue weighted by Crippen LogP contribution is -2.58. The zero-order valence-electron chi connectivity index (χ0n) is 22.1. The van der Waals surface area contributed by atoms with Crippen molar-refractivity contribution in [2.24, 2.45) is 17.3 Å². The summed E-state index contributed by atoms with van der Waals surface area (Å²) in [5.74, 6) is -2.16. The minimum Gasteiger partial charge on any atom is -0.481 e. The van der Waals surface area contributed by atoms with Crippen LogP contribution in [0.2, 0.25) is 5.02 Å². The predicted octanol–water partition coefficient (Wildman–Crippen LogP) is 4.44. The molecule has 3 atom stereocenters. The van der Waals surface area contributed by atoms with Crippen LogP contribution >= 0.6 is 11.6 Å². The Bertz CT molecular complexity index is 1170. The first-order valence-corrected chi connectivity index (χ1v) is 14.5. The Morgan fingerprint density at radius 2 is 1.92 bits per heavy atom. The van der Waals surface area contributed by atoms with Gasteiger partial charge in [0.1, 0.15) is 0 Å². The van der Waals surface area contributed by atoms with Gasteiger partial charge < -0.3 is 10.4 Å².